The molecule has 3 aromatic heterocycles. The summed E-state index contributed by atoms with van der Waals surface area (Å²) in [7, 11) is 0. The second-order valence-corrected chi connectivity index (χ2v) is 24.0. The Hall–Kier alpha value is -11.6. The topological polar surface area (TPSA) is 307 Å². The van der Waals surface area contributed by atoms with Crippen LogP contribution >= 0.6 is 24.0 Å². The van der Waals surface area contributed by atoms with Crippen molar-refractivity contribution >= 4 is 67.9 Å². The normalized spacial score (nSPS) is 11.3. The number of aromatic carboxylic acids is 3. The first-order chi connectivity index (χ1) is 47.4. The highest BCUT2D eigenvalue weighted by atomic mass is 35.5. The van der Waals surface area contributed by atoms with Gasteiger partial charge in [0.2, 0.25) is 17.6 Å². The fraction of sp³-hybridized carbons (Fsp3) is 0.182. The Morgan fingerprint density at radius 3 is 1.09 bits per heavy atom. The summed E-state index contributed by atoms with van der Waals surface area (Å²) in [6.45, 7) is 12.2. The Kier molecular flexibility index (Phi) is 27.2. The first-order valence-electron chi connectivity index (χ1n) is 31.2. The van der Waals surface area contributed by atoms with Crippen LogP contribution in [0.3, 0.4) is 0 Å². The number of carboxylic acid groups (broad SMARTS) is 3. The Morgan fingerprint density at radius 2 is 0.762 bits per heavy atom. The third-order valence-electron chi connectivity index (χ3n) is 15.1. The second kappa shape index (κ2) is 35.8. The number of fused-ring (bicyclic) bond motifs is 6. The van der Waals surface area contributed by atoms with E-state index < -0.39 is 41.1 Å². The number of alkyl carbamates (subject to hydrolysis) is 2. The molecule has 101 heavy (non-hydrogen) atoms. The van der Waals surface area contributed by atoms with E-state index in [1.807, 2.05) is 80.6 Å². The molecule has 0 aliphatic heterocycles. The number of aryl methyl sites for hydroxylation is 3. The van der Waals surface area contributed by atoms with Crippen LogP contribution in [0.5, 0.6) is 34.9 Å². The number of pyridine rings is 3. The summed E-state index contributed by atoms with van der Waals surface area (Å²) in [6, 6.07) is 62.0. The van der Waals surface area contributed by atoms with E-state index in [-0.39, 0.29) is 75.6 Å². The summed E-state index contributed by atoms with van der Waals surface area (Å²) in [6.07, 6.45) is -1.02. The largest absolute Gasteiger partial charge is 0.478 e. The van der Waals surface area contributed by atoms with Crippen LogP contribution in [0.1, 0.15) is 120 Å². The molecule has 10 aromatic rings. The number of nitrogens with zero attached hydrogens (tertiary/aromatic N) is 3. The van der Waals surface area contributed by atoms with Gasteiger partial charge in [-0.2, -0.15) is 0 Å². The van der Waals surface area contributed by atoms with E-state index >= 15 is 0 Å². The van der Waals surface area contributed by atoms with Gasteiger partial charge in [0.25, 0.3) is 0 Å². The van der Waals surface area contributed by atoms with E-state index in [0.29, 0.717) is 52.8 Å². The molecule has 0 fully saturated rings. The number of benzene rings is 7. The zero-order valence-electron chi connectivity index (χ0n) is 55.3. The standard InChI is InChI=1S/C29H24N2O5.C19H22N2O5.C15H11ClO2.C14H14N2O3.BH4.ClH/c1-18-13-19(14-27(31-18)36-21-8-6-7-20(15-21)28(32)33)16-30-29(34)35-17-26-24-11-4-2-9-22(24)23-10-3-5-12-25(23)26;1-12-8-13(11-20-18(24)26-19(2,3)4)9-16(21-12)25-15-7-5-6-14(10-15)17(22)23;16-15(17)18-9-14-12-7-3-1-5-10(12)11-6-2-4-8-13(11)14;1-9-5-10(8-15)6-13(16-9)19-12-4-2-3-11(7-12)14(17)18;;/h2-15,26H,16-17H2,1H3,(H,30,34)(H,32,33);5-10H,11H2,1-4H3,(H,20,24)(H,22,23);1-8,14H,9H2;2-7H,8,15H2,1H3,(H,17,18);1H4;1H/q;;;;-1;. The number of nitrogens with two attached hydrogens (primary N) is 1. The number of rotatable bonds is 18. The van der Waals surface area contributed by atoms with E-state index in [1.54, 1.807) is 82.3 Å². The third-order valence-corrected chi connectivity index (χ3v) is 15.2. The van der Waals surface area contributed by atoms with Crippen LogP contribution in [0.2, 0.25) is 0 Å². The number of carboxylic acids is 3. The maximum atomic E-state index is 12.5. The van der Waals surface area contributed by atoms with Gasteiger partial charge in [0, 0.05) is 78.4 Å². The van der Waals surface area contributed by atoms with Crippen molar-refractivity contribution in [1.82, 2.24) is 25.6 Å². The zero-order valence-corrected chi connectivity index (χ0v) is 56.8. The molecule has 0 atom stereocenters. The van der Waals surface area contributed by atoms with Crippen LogP contribution in [-0.2, 0) is 33.8 Å². The van der Waals surface area contributed by atoms with E-state index in [4.69, 9.17) is 56.0 Å². The van der Waals surface area contributed by atoms with E-state index in [2.05, 4.69) is 74.1 Å². The smallest absolute Gasteiger partial charge is 0.407 e. The number of aromatic nitrogens is 3. The van der Waals surface area contributed by atoms with Crippen LogP contribution < -0.4 is 30.6 Å². The number of carbonyl (C=O) groups excluding carboxylic acids is 3. The molecule has 2 amide bonds. The highest BCUT2D eigenvalue weighted by molar-refractivity contribution is 6.61. The van der Waals surface area contributed by atoms with Crippen LogP contribution in [0.25, 0.3) is 22.3 Å². The second-order valence-electron chi connectivity index (χ2n) is 23.7. The number of ether oxygens (including phenoxy) is 6. The van der Waals surface area contributed by atoms with Gasteiger partial charge in [-0.1, -0.05) is 124 Å². The van der Waals surface area contributed by atoms with Crippen LogP contribution in [0.15, 0.2) is 206 Å². The minimum atomic E-state index is -1.04. The summed E-state index contributed by atoms with van der Waals surface area (Å²) in [4.78, 5) is 81.0. The number of carbonyl (C=O) groups is 6. The molecular formula is C77H76BCl2N6O15-. The van der Waals surface area contributed by atoms with Crippen molar-refractivity contribution in [2.75, 3.05) is 13.2 Å². The summed E-state index contributed by atoms with van der Waals surface area (Å²) in [5.41, 5.74) is 18.8. The van der Waals surface area contributed by atoms with Gasteiger partial charge in [0.1, 0.15) is 36.1 Å². The molecule has 21 nitrogen and oxygen atoms in total. The molecule has 0 saturated heterocycles. The van der Waals surface area contributed by atoms with Crippen LogP contribution in [-0.4, -0.2) is 93.0 Å². The molecule has 0 saturated carbocycles. The molecule has 2 aliphatic carbocycles. The molecule has 12 rings (SSSR count). The van der Waals surface area contributed by atoms with Gasteiger partial charge in [-0.15, -0.1) is 12.4 Å². The van der Waals surface area contributed by atoms with Crippen molar-refractivity contribution < 1.29 is 72.5 Å². The summed E-state index contributed by atoms with van der Waals surface area (Å²) in [5.74, 6) is -0.796. The Bertz CT molecular complexity index is 4520. The van der Waals surface area contributed by atoms with E-state index in [9.17, 15) is 33.9 Å². The SMILES string of the molecule is Cc1cc(CN)cc(Oc2cccc(C(=O)O)c2)n1.Cc1cc(CNC(=O)OC(C)(C)C)cc(Oc2cccc(C(=O)O)c2)n1.Cc1cc(CNC(=O)OCC2c3ccccc3-c3ccccc32)cc(Oc2cccc(C(=O)O)c2)n1.Cl.O=C(Cl)OCC1c2ccccc2-c2ccccc21.[BH4-]. The average molecular weight is 1410 g/mol. The summed E-state index contributed by atoms with van der Waals surface area (Å²) >= 11 is 5.25. The minimum absolute atomic E-state index is 0. The molecule has 3 heterocycles. The van der Waals surface area contributed by atoms with Crippen molar-refractivity contribution in [3.63, 3.8) is 0 Å². The van der Waals surface area contributed by atoms with Crippen LogP contribution in [0, 0.1) is 20.8 Å². The Labute approximate surface area is 596 Å². The number of amides is 2. The number of hydrogen-bond donors (Lipinski definition) is 6. The van der Waals surface area contributed by atoms with E-state index in [1.165, 1.54) is 69.8 Å². The van der Waals surface area contributed by atoms with Crippen molar-refractivity contribution in [3.8, 4) is 57.1 Å². The number of nitrogens with one attached hydrogen (secondary N) is 2. The minimum Gasteiger partial charge on any atom is -0.478 e. The average Bonchev–Trinajstić information content (AvgIpc) is 1.62. The first-order valence-corrected chi connectivity index (χ1v) is 31.6. The molecular weight excluding hydrogens is 1330 g/mol. The molecule has 522 valence electrons. The van der Waals surface area contributed by atoms with Gasteiger partial charge in [0.15, 0.2) is 0 Å². The summed E-state index contributed by atoms with van der Waals surface area (Å²) in [5, 5.41) is 32.6. The van der Waals surface area contributed by atoms with Crippen molar-refractivity contribution in [1.29, 1.82) is 0 Å². The Morgan fingerprint density at radius 1 is 0.446 bits per heavy atom. The predicted octanol–water partition coefficient (Wildman–Crippen LogP) is 15.3. The van der Waals surface area contributed by atoms with Crippen molar-refractivity contribution in [3.05, 3.63) is 279 Å². The highest BCUT2D eigenvalue weighted by Gasteiger charge is 2.30. The maximum absolute atomic E-state index is 12.5. The molecule has 0 radical (unpaired) electrons. The van der Waals surface area contributed by atoms with Gasteiger partial charge in [0.05, 0.1) is 16.7 Å². The number of hydrogen-bond acceptors (Lipinski definition) is 16. The fourth-order valence-corrected chi connectivity index (χ4v) is 11.0. The van der Waals surface area contributed by atoms with Crippen LogP contribution in [0.4, 0.5) is 14.4 Å². The predicted molar refractivity (Wildman–Crippen MR) is 390 cm³/mol. The molecule has 7 aromatic carbocycles. The maximum Gasteiger partial charge on any atom is 0.407 e. The van der Waals surface area contributed by atoms with Crippen molar-refractivity contribution in [2.24, 2.45) is 5.73 Å². The molecule has 24 heteroatoms. The lowest BCUT2D eigenvalue weighted by Crippen LogP contribution is -2.32. The monoisotopic (exact) mass is 1410 g/mol. The van der Waals surface area contributed by atoms with Crippen molar-refractivity contribution in [2.45, 2.75) is 78.6 Å². The summed E-state index contributed by atoms with van der Waals surface area (Å²) < 4.78 is 32.7. The van der Waals surface area contributed by atoms with Gasteiger partial charge >= 0.3 is 35.5 Å². The lowest BCUT2D eigenvalue weighted by molar-refractivity contribution is 0.0521. The Balaban J connectivity index is 0.000000195. The third kappa shape index (κ3) is 22.0. The fourth-order valence-electron chi connectivity index (χ4n) is 10.9. The highest BCUT2D eigenvalue weighted by Crippen LogP contribution is 2.46. The van der Waals surface area contributed by atoms with Gasteiger partial charge < -0.3 is 60.1 Å². The molecule has 0 unspecified atom stereocenters. The molecule has 0 spiro atoms. The molecule has 2 aliphatic rings. The van der Waals surface area contributed by atoms with E-state index in [0.717, 1.165) is 33.5 Å². The van der Waals surface area contributed by atoms with Gasteiger partial charge in [-0.05, 0) is 176 Å². The molecule has 7 N–H and O–H groups in total. The lowest BCUT2D eigenvalue weighted by Gasteiger charge is -2.19. The molecule has 0 bridgehead atoms. The zero-order chi connectivity index (χ0) is 70.8. The van der Waals surface area contributed by atoms with Gasteiger partial charge in [-0.3, -0.25) is 0 Å². The lowest BCUT2D eigenvalue weighted by atomic mass is 9.98. The first kappa shape index (κ1) is 76.8. The number of halogens is 2. The quantitative estimate of drug-likeness (QED) is 0.0264. The van der Waals surface area contributed by atoms with Gasteiger partial charge in [-0.25, -0.2) is 43.7 Å².